The molecule has 1 fully saturated rings. The first-order valence-corrected chi connectivity index (χ1v) is 7.89. The Morgan fingerprint density at radius 1 is 1.32 bits per heavy atom. The van der Waals surface area contributed by atoms with Crippen LogP contribution >= 0.6 is 32.7 Å². The van der Waals surface area contributed by atoms with Gasteiger partial charge in [0.15, 0.2) is 0 Å². The molecule has 0 radical (unpaired) electrons. The molecule has 0 spiro atoms. The molecule has 2 rings (SSSR count). The van der Waals surface area contributed by atoms with Gasteiger partial charge in [0.2, 0.25) is 0 Å². The van der Waals surface area contributed by atoms with Crippen molar-refractivity contribution in [1.29, 1.82) is 0 Å². The van der Waals surface area contributed by atoms with E-state index < -0.39 is 0 Å². The summed E-state index contributed by atoms with van der Waals surface area (Å²) in [6.45, 7) is 2.87. The first-order valence-electron chi connectivity index (χ1n) is 6.66. The van der Waals surface area contributed by atoms with Crippen LogP contribution in [0.15, 0.2) is 18.2 Å². The Labute approximate surface area is 127 Å². The molecule has 1 heterocycles. The SMILES string of the molecule is POCCCC1(c2ccc(Cl)c(Cl)c2)CCCNC1. The van der Waals surface area contributed by atoms with Crippen molar-refractivity contribution in [2.75, 3.05) is 19.7 Å². The fourth-order valence-corrected chi connectivity index (χ4v) is 3.36. The maximum Gasteiger partial charge on any atom is 0.0595 e. The largest absolute Gasteiger partial charge is 0.366 e. The molecule has 0 saturated carbocycles. The molecule has 5 heteroatoms. The van der Waals surface area contributed by atoms with Crippen LogP contribution in [0.2, 0.25) is 10.0 Å². The van der Waals surface area contributed by atoms with Crippen LogP contribution in [0.3, 0.4) is 0 Å². The van der Waals surface area contributed by atoms with Gasteiger partial charge >= 0.3 is 0 Å². The second-order valence-electron chi connectivity index (χ2n) is 5.16. The zero-order valence-corrected chi connectivity index (χ0v) is 13.6. The van der Waals surface area contributed by atoms with E-state index in [0.717, 1.165) is 32.5 Å². The van der Waals surface area contributed by atoms with Crippen molar-refractivity contribution >= 4 is 32.7 Å². The van der Waals surface area contributed by atoms with Gasteiger partial charge in [-0.2, -0.15) is 0 Å². The van der Waals surface area contributed by atoms with Crippen molar-refractivity contribution in [1.82, 2.24) is 5.32 Å². The molecular formula is C14H20Cl2NOP. The summed E-state index contributed by atoms with van der Waals surface area (Å²) in [5.74, 6) is 0. The summed E-state index contributed by atoms with van der Waals surface area (Å²) in [6.07, 6.45) is 4.54. The molecule has 0 aromatic heterocycles. The van der Waals surface area contributed by atoms with E-state index in [9.17, 15) is 0 Å². The lowest BCUT2D eigenvalue weighted by molar-refractivity contribution is 0.260. The molecule has 2 atom stereocenters. The number of hydrogen-bond acceptors (Lipinski definition) is 2. The first kappa shape index (κ1) is 15.5. The van der Waals surface area contributed by atoms with Gasteiger partial charge in [-0.15, -0.1) is 0 Å². The second kappa shape index (κ2) is 7.24. The van der Waals surface area contributed by atoms with Crippen LogP contribution in [0.4, 0.5) is 0 Å². The molecule has 1 aromatic carbocycles. The van der Waals surface area contributed by atoms with E-state index in [0.29, 0.717) is 10.0 Å². The highest BCUT2D eigenvalue weighted by molar-refractivity contribution is 7.09. The van der Waals surface area contributed by atoms with Crippen molar-refractivity contribution in [3.8, 4) is 0 Å². The predicted octanol–water partition coefficient (Wildman–Crippen LogP) is 4.20. The average molecular weight is 320 g/mol. The lowest BCUT2D eigenvalue weighted by Crippen LogP contribution is -2.43. The van der Waals surface area contributed by atoms with Crippen LogP contribution in [0.25, 0.3) is 0 Å². The van der Waals surface area contributed by atoms with E-state index in [1.54, 1.807) is 0 Å². The molecule has 2 unspecified atom stereocenters. The summed E-state index contributed by atoms with van der Waals surface area (Å²) >= 11 is 12.2. The standard InChI is InChI=1S/C14H20Cl2NOP/c15-12-4-3-11(9-13(12)16)14(6-2-8-18-19)5-1-7-17-10-14/h3-4,9,17H,1-2,5-8,10,19H2. The van der Waals surface area contributed by atoms with E-state index in [2.05, 4.69) is 20.8 Å². The Kier molecular flexibility index (Phi) is 5.92. The van der Waals surface area contributed by atoms with Gasteiger partial charge in [-0.05, 0) is 49.9 Å². The van der Waals surface area contributed by atoms with Crippen molar-refractivity contribution in [2.45, 2.75) is 31.1 Å². The van der Waals surface area contributed by atoms with Crippen molar-refractivity contribution in [3.63, 3.8) is 0 Å². The van der Waals surface area contributed by atoms with Gasteiger partial charge < -0.3 is 9.84 Å². The van der Waals surface area contributed by atoms with Crippen LogP contribution in [0.5, 0.6) is 0 Å². The molecule has 0 bridgehead atoms. The van der Waals surface area contributed by atoms with Crippen LogP contribution in [-0.4, -0.2) is 19.7 Å². The quantitative estimate of drug-likeness (QED) is 0.648. The van der Waals surface area contributed by atoms with Crippen molar-refractivity contribution < 1.29 is 4.52 Å². The lowest BCUT2D eigenvalue weighted by atomic mass is 9.71. The number of hydrogen-bond donors (Lipinski definition) is 1. The average Bonchev–Trinajstić information content (AvgIpc) is 2.43. The fraction of sp³-hybridized carbons (Fsp3) is 0.571. The van der Waals surface area contributed by atoms with Crippen LogP contribution < -0.4 is 5.32 Å². The number of piperidine rings is 1. The summed E-state index contributed by atoms with van der Waals surface area (Å²) in [5.41, 5.74) is 1.45. The Hall–Kier alpha value is 0.150. The van der Waals surface area contributed by atoms with Gasteiger partial charge in [0.05, 0.1) is 16.7 Å². The van der Waals surface area contributed by atoms with Crippen molar-refractivity contribution in [2.24, 2.45) is 0 Å². The zero-order chi connectivity index (χ0) is 13.7. The Morgan fingerprint density at radius 2 is 2.16 bits per heavy atom. The van der Waals surface area contributed by atoms with Crippen LogP contribution in [0.1, 0.15) is 31.2 Å². The molecule has 1 N–H and O–H groups in total. The number of rotatable bonds is 5. The van der Waals surface area contributed by atoms with E-state index in [4.69, 9.17) is 27.7 Å². The summed E-state index contributed by atoms with van der Waals surface area (Å²) in [5, 5.41) is 4.78. The summed E-state index contributed by atoms with van der Waals surface area (Å²) in [6, 6.07) is 6.04. The highest BCUT2D eigenvalue weighted by atomic mass is 35.5. The third kappa shape index (κ3) is 3.83. The van der Waals surface area contributed by atoms with Crippen LogP contribution in [-0.2, 0) is 9.94 Å². The van der Waals surface area contributed by atoms with Crippen LogP contribution in [0, 0.1) is 0 Å². The third-order valence-electron chi connectivity index (χ3n) is 3.92. The number of halogens is 2. The summed E-state index contributed by atoms with van der Waals surface area (Å²) in [7, 11) is 2.32. The molecule has 1 aliphatic rings. The molecule has 1 saturated heterocycles. The fourth-order valence-electron chi connectivity index (χ4n) is 2.89. The molecule has 19 heavy (non-hydrogen) atoms. The maximum absolute atomic E-state index is 6.18. The molecule has 0 aliphatic carbocycles. The Morgan fingerprint density at radius 3 is 2.79 bits per heavy atom. The van der Waals surface area contributed by atoms with E-state index in [1.165, 1.54) is 18.4 Å². The normalized spacial score (nSPS) is 23.5. The molecule has 1 aromatic rings. The summed E-state index contributed by atoms with van der Waals surface area (Å²) < 4.78 is 5.11. The minimum absolute atomic E-state index is 0.162. The lowest BCUT2D eigenvalue weighted by Gasteiger charge is -2.38. The molecule has 0 amide bonds. The Balaban J connectivity index is 2.22. The maximum atomic E-state index is 6.18. The number of nitrogens with one attached hydrogen (secondary N) is 1. The van der Waals surface area contributed by atoms with E-state index >= 15 is 0 Å². The van der Waals surface area contributed by atoms with Crippen molar-refractivity contribution in [3.05, 3.63) is 33.8 Å². The predicted molar refractivity (Wildman–Crippen MR) is 85.1 cm³/mol. The molecule has 2 nitrogen and oxygen atoms in total. The zero-order valence-electron chi connectivity index (χ0n) is 10.9. The number of benzene rings is 1. The molecule has 106 valence electrons. The minimum Gasteiger partial charge on any atom is -0.366 e. The van der Waals surface area contributed by atoms with Gasteiger partial charge in [-0.3, -0.25) is 0 Å². The second-order valence-corrected chi connectivity index (χ2v) is 6.31. The molecular weight excluding hydrogens is 300 g/mol. The smallest absolute Gasteiger partial charge is 0.0595 e. The van der Waals surface area contributed by atoms with Gasteiger partial charge in [0.1, 0.15) is 0 Å². The van der Waals surface area contributed by atoms with Gasteiger partial charge in [-0.1, -0.05) is 29.3 Å². The minimum atomic E-state index is 0.162. The van der Waals surface area contributed by atoms with Gasteiger partial charge in [0, 0.05) is 21.4 Å². The monoisotopic (exact) mass is 319 g/mol. The van der Waals surface area contributed by atoms with E-state index in [1.807, 2.05) is 12.1 Å². The highest BCUT2D eigenvalue weighted by Gasteiger charge is 2.33. The van der Waals surface area contributed by atoms with Gasteiger partial charge in [-0.25, -0.2) is 0 Å². The first-order chi connectivity index (χ1) is 9.18. The third-order valence-corrected chi connectivity index (χ3v) is 4.90. The van der Waals surface area contributed by atoms with Gasteiger partial charge in [0.25, 0.3) is 0 Å². The van der Waals surface area contributed by atoms with E-state index in [-0.39, 0.29) is 5.41 Å². The Bertz CT molecular complexity index is 422. The summed E-state index contributed by atoms with van der Waals surface area (Å²) in [4.78, 5) is 0. The highest BCUT2D eigenvalue weighted by Crippen LogP contribution is 2.38. The topological polar surface area (TPSA) is 21.3 Å². The molecule has 1 aliphatic heterocycles.